The van der Waals surface area contributed by atoms with Gasteiger partial charge >= 0.3 is 5.97 Å². The molecule has 0 saturated carbocycles. The Morgan fingerprint density at radius 2 is 2.14 bits per heavy atom. The van der Waals surface area contributed by atoms with Crippen molar-refractivity contribution in [2.75, 3.05) is 18.5 Å². The van der Waals surface area contributed by atoms with Crippen LogP contribution in [0.2, 0.25) is 0 Å². The number of thiophene rings is 1. The zero-order valence-corrected chi connectivity index (χ0v) is 16.5. The zero-order chi connectivity index (χ0) is 20.2. The van der Waals surface area contributed by atoms with Crippen molar-refractivity contribution in [1.82, 2.24) is 9.97 Å². The van der Waals surface area contributed by atoms with Crippen LogP contribution in [0.1, 0.15) is 22.2 Å². The molecular formula is C21H19N3O4S. The van der Waals surface area contributed by atoms with Crippen LogP contribution in [0.4, 0.5) is 5.82 Å². The van der Waals surface area contributed by atoms with Crippen molar-refractivity contribution in [2.45, 2.75) is 13.3 Å². The van der Waals surface area contributed by atoms with E-state index in [2.05, 4.69) is 21.4 Å². The monoisotopic (exact) mass is 409 g/mol. The van der Waals surface area contributed by atoms with Gasteiger partial charge in [0.05, 0.1) is 23.4 Å². The first-order valence-electron chi connectivity index (χ1n) is 9.16. The number of carboxylic acid groups (broad SMARTS) is 1. The van der Waals surface area contributed by atoms with E-state index in [4.69, 9.17) is 9.15 Å². The van der Waals surface area contributed by atoms with E-state index in [1.165, 1.54) is 11.9 Å². The third kappa shape index (κ3) is 4.22. The number of nitrogens with one attached hydrogen (secondary N) is 1. The van der Waals surface area contributed by atoms with Crippen molar-refractivity contribution in [3.05, 3.63) is 59.4 Å². The molecule has 0 radical (unpaired) electrons. The molecule has 8 heteroatoms. The van der Waals surface area contributed by atoms with E-state index in [1.807, 2.05) is 31.2 Å². The second-order valence-electron chi connectivity index (χ2n) is 6.30. The highest BCUT2D eigenvalue weighted by atomic mass is 32.1. The van der Waals surface area contributed by atoms with Gasteiger partial charge in [-0.05, 0) is 31.0 Å². The van der Waals surface area contributed by atoms with Gasteiger partial charge in [0.15, 0.2) is 4.88 Å². The first-order chi connectivity index (χ1) is 14.1. The van der Waals surface area contributed by atoms with Gasteiger partial charge in [-0.2, -0.15) is 0 Å². The summed E-state index contributed by atoms with van der Waals surface area (Å²) in [6, 6.07) is 11.6. The highest BCUT2D eigenvalue weighted by molar-refractivity contribution is 7.17. The normalized spacial score (nSPS) is 10.9. The molecule has 0 aliphatic heterocycles. The molecule has 1 aromatic carbocycles. The molecule has 0 saturated heterocycles. The Hall–Kier alpha value is -3.39. The summed E-state index contributed by atoms with van der Waals surface area (Å²) in [6.45, 7) is 2.91. The van der Waals surface area contributed by atoms with E-state index in [-0.39, 0.29) is 4.88 Å². The topological polar surface area (TPSA) is 97.5 Å². The molecule has 0 aliphatic carbocycles. The molecule has 148 valence electrons. The molecular weight excluding hydrogens is 390 g/mol. The Labute approximate surface area is 171 Å². The van der Waals surface area contributed by atoms with Gasteiger partial charge in [0.25, 0.3) is 0 Å². The van der Waals surface area contributed by atoms with Crippen LogP contribution < -0.4 is 10.1 Å². The molecule has 4 aromatic rings. The average molecular weight is 409 g/mol. The zero-order valence-electron chi connectivity index (χ0n) is 15.7. The Bertz CT molecular complexity index is 1150. The Balaban J connectivity index is 1.45. The predicted molar refractivity (Wildman–Crippen MR) is 112 cm³/mol. The third-order valence-electron chi connectivity index (χ3n) is 4.35. The van der Waals surface area contributed by atoms with Gasteiger partial charge < -0.3 is 19.6 Å². The van der Waals surface area contributed by atoms with Crippen LogP contribution in [0.5, 0.6) is 5.75 Å². The fourth-order valence-corrected chi connectivity index (χ4v) is 3.90. The van der Waals surface area contributed by atoms with Crippen LogP contribution >= 0.6 is 11.3 Å². The molecule has 0 fully saturated rings. The highest BCUT2D eigenvalue weighted by Gasteiger charge is 2.18. The minimum atomic E-state index is -1.01. The van der Waals surface area contributed by atoms with Crippen LogP contribution in [-0.4, -0.2) is 34.2 Å². The van der Waals surface area contributed by atoms with Crippen LogP contribution in [0.15, 0.2) is 53.4 Å². The number of hydrogen-bond donors (Lipinski definition) is 2. The van der Waals surface area contributed by atoms with E-state index in [0.717, 1.165) is 33.6 Å². The summed E-state index contributed by atoms with van der Waals surface area (Å²) in [5.41, 5.74) is 2.70. The summed E-state index contributed by atoms with van der Waals surface area (Å²) >= 11 is 1.14. The summed E-state index contributed by atoms with van der Waals surface area (Å²) in [7, 11) is 0. The first kappa shape index (κ1) is 18.9. The minimum Gasteiger partial charge on any atom is -0.492 e. The SMILES string of the molecule is CCOc1cc(-c2cc(NCCc3ccc4ccoc4c3)ncn2)sc1C(=O)O. The first-order valence-corrected chi connectivity index (χ1v) is 9.98. The summed E-state index contributed by atoms with van der Waals surface area (Å²) in [4.78, 5) is 20.9. The lowest BCUT2D eigenvalue weighted by Crippen LogP contribution is -2.06. The van der Waals surface area contributed by atoms with Crippen LogP contribution in [0.3, 0.4) is 0 Å². The molecule has 0 spiro atoms. The van der Waals surface area contributed by atoms with Crippen molar-refractivity contribution < 1.29 is 19.1 Å². The Morgan fingerprint density at radius 1 is 1.24 bits per heavy atom. The lowest BCUT2D eigenvalue weighted by atomic mass is 10.1. The number of fused-ring (bicyclic) bond motifs is 1. The summed E-state index contributed by atoms with van der Waals surface area (Å²) < 4.78 is 10.9. The molecule has 7 nitrogen and oxygen atoms in total. The van der Waals surface area contributed by atoms with E-state index < -0.39 is 5.97 Å². The van der Waals surface area contributed by atoms with Crippen molar-refractivity contribution in [2.24, 2.45) is 0 Å². The lowest BCUT2D eigenvalue weighted by Gasteiger charge is -2.06. The largest absolute Gasteiger partial charge is 0.492 e. The second-order valence-corrected chi connectivity index (χ2v) is 7.35. The summed E-state index contributed by atoms with van der Waals surface area (Å²) in [5, 5.41) is 13.7. The molecule has 0 amide bonds. The van der Waals surface area contributed by atoms with Gasteiger partial charge in [-0.1, -0.05) is 12.1 Å². The van der Waals surface area contributed by atoms with Crippen LogP contribution in [-0.2, 0) is 6.42 Å². The van der Waals surface area contributed by atoms with Crippen molar-refractivity contribution in [3.8, 4) is 16.3 Å². The number of aromatic nitrogens is 2. The van der Waals surface area contributed by atoms with E-state index >= 15 is 0 Å². The quantitative estimate of drug-likeness (QED) is 0.435. The molecule has 0 aliphatic rings. The number of hydrogen-bond acceptors (Lipinski definition) is 7. The smallest absolute Gasteiger partial charge is 0.349 e. The number of aromatic carboxylic acids is 1. The van der Waals surface area contributed by atoms with E-state index in [1.54, 1.807) is 12.3 Å². The van der Waals surface area contributed by atoms with Crippen molar-refractivity contribution in [3.63, 3.8) is 0 Å². The molecule has 3 heterocycles. The van der Waals surface area contributed by atoms with Gasteiger partial charge in [0.1, 0.15) is 23.5 Å². The third-order valence-corrected chi connectivity index (χ3v) is 5.48. The lowest BCUT2D eigenvalue weighted by molar-refractivity contribution is 0.0698. The van der Waals surface area contributed by atoms with Crippen LogP contribution in [0.25, 0.3) is 21.5 Å². The average Bonchev–Trinajstić information content (AvgIpc) is 3.35. The van der Waals surface area contributed by atoms with Gasteiger partial charge in [-0.3, -0.25) is 0 Å². The predicted octanol–water partition coefficient (Wildman–Crippen LogP) is 4.70. The van der Waals surface area contributed by atoms with Gasteiger partial charge in [0, 0.05) is 24.1 Å². The number of ether oxygens (including phenoxy) is 1. The highest BCUT2D eigenvalue weighted by Crippen LogP contribution is 2.36. The van der Waals surface area contributed by atoms with Gasteiger partial charge in [0.2, 0.25) is 0 Å². The van der Waals surface area contributed by atoms with Crippen molar-refractivity contribution in [1.29, 1.82) is 0 Å². The molecule has 0 unspecified atom stereocenters. The maximum Gasteiger partial charge on any atom is 0.349 e. The van der Waals surface area contributed by atoms with E-state index in [0.29, 0.717) is 30.4 Å². The molecule has 4 rings (SSSR count). The Morgan fingerprint density at radius 3 is 2.97 bits per heavy atom. The molecule has 3 aromatic heterocycles. The van der Waals surface area contributed by atoms with Gasteiger partial charge in [-0.15, -0.1) is 11.3 Å². The number of benzene rings is 1. The standard InChI is InChI=1S/C21H19N3O4S/c1-2-27-17-11-18(29-20(17)21(25)26)15-10-19(24-12-23-15)22-7-5-13-3-4-14-6-8-28-16(14)9-13/h3-4,6,8-12H,2,5,7H2,1H3,(H,25,26)(H,22,23,24). The fourth-order valence-electron chi connectivity index (χ4n) is 2.99. The number of nitrogens with zero attached hydrogens (tertiary/aromatic N) is 2. The molecule has 29 heavy (non-hydrogen) atoms. The maximum atomic E-state index is 11.4. The fraction of sp³-hybridized carbons (Fsp3) is 0.190. The number of furan rings is 1. The van der Waals surface area contributed by atoms with Gasteiger partial charge in [-0.25, -0.2) is 14.8 Å². The Kier molecular flexibility index (Phi) is 5.44. The van der Waals surface area contributed by atoms with Crippen molar-refractivity contribution >= 4 is 34.1 Å². The molecule has 0 bridgehead atoms. The molecule has 2 N–H and O–H groups in total. The number of rotatable bonds is 8. The minimum absolute atomic E-state index is 0.170. The molecule has 0 atom stereocenters. The van der Waals surface area contributed by atoms with E-state index in [9.17, 15) is 9.90 Å². The summed E-state index contributed by atoms with van der Waals surface area (Å²) in [6.07, 6.45) is 3.96. The maximum absolute atomic E-state index is 11.4. The van der Waals surface area contributed by atoms with Crippen LogP contribution in [0, 0.1) is 0 Å². The number of carbonyl (C=O) groups is 1. The second kappa shape index (κ2) is 8.32. The number of carboxylic acids is 1. The summed E-state index contributed by atoms with van der Waals surface area (Å²) in [5.74, 6) is 0.0318. The number of anilines is 1.